The summed E-state index contributed by atoms with van der Waals surface area (Å²) in [5.41, 5.74) is 1.22. The standard InChI is InChI=1S/C6H9BrN2.BrH/c7-3-1-2-6-4-8-5-9-6;/h4-5H,1-3H2,(H,8,9);1H. The molecule has 0 bridgehead atoms. The summed E-state index contributed by atoms with van der Waals surface area (Å²) in [6.45, 7) is 0. The summed E-state index contributed by atoms with van der Waals surface area (Å²) in [6.07, 6.45) is 5.83. The molecular formula is C6H10Br2N2. The van der Waals surface area contributed by atoms with Crippen LogP contribution in [0.25, 0.3) is 0 Å². The third-order valence-corrected chi connectivity index (χ3v) is 1.70. The Bertz CT molecular complexity index is 151. The summed E-state index contributed by atoms with van der Waals surface area (Å²) in [5.74, 6) is 0. The first-order valence-corrected chi connectivity index (χ1v) is 4.09. The highest BCUT2D eigenvalue weighted by atomic mass is 79.9. The van der Waals surface area contributed by atoms with E-state index in [2.05, 4.69) is 25.9 Å². The molecule has 1 aromatic rings. The van der Waals surface area contributed by atoms with E-state index in [0.29, 0.717) is 0 Å². The minimum absolute atomic E-state index is 0. The van der Waals surface area contributed by atoms with Crippen molar-refractivity contribution >= 4 is 32.9 Å². The van der Waals surface area contributed by atoms with E-state index < -0.39 is 0 Å². The molecule has 0 spiro atoms. The van der Waals surface area contributed by atoms with Gasteiger partial charge in [0, 0.05) is 17.2 Å². The molecule has 0 radical (unpaired) electrons. The predicted octanol–water partition coefficient (Wildman–Crippen LogP) is 2.32. The van der Waals surface area contributed by atoms with Crippen LogP contribution in [0.1, 0.15) is 12.1 Å². The van der Waals surface area contributed by atoms with Crippen molar-refractivity contribution in [2.45, 2.75) is 12.8 Å². The fourth-order valence-electron chi connectivity index (χ4n) is 0.679. The molecule has 0 aliphatic rings. The van der Waals surface area contributed by atoms with E-state index in [0.717, 1.165) is 11.8 Å². The van der Waals surface area contributed by atoms with Gasteiger partial charge in [-0.05, 0) is 12.8 Å². The van der Waals surface area contributed by atoms with Crippen LogP contribution in [0, 0.1) is 0 Å². The van der Waals surface area contributed by atoms with Gasteiger partial charge in [-0.2, -0.15) is 0 Å². The van der Waals surface area contributed by atoms with Crippen LogP contribution >= 0.6 is 32.9 Å². The molecule has 0 saturated heterocycles. The summed E-state index contributed by atoms with van der Waals surface area (Å²) in [4.78, 5) is 6.94. The van der Waals surface area contributed by atoms with Crippen LogP contribution in [0.4, 0.5) is 0 Å². The molecule has 58 valence electrons. The first-order valence-electron chi connectivity index (χ1n) is 2.96. The summed E-state index contributed by atoms with van der Waals surface area (Å²) < 4.78 is 0. The van der Waals surface area contributed by atoms with Crippen LogP contribution in [0.5, 0.6) is 0 Å². The van der Waals surface area contributed by atoms with Crippen molar-refractivity contribution in [3.63, 3.8) is 0 Å². The van der Waals surface area contributed by atoms with Crippen LogP contribution < -0.4 is 0 Å². The Balaban J connectivity index is 0.000000810. The van der Waals surface area contributed by atoms with Crippen molar-refractivity contribution in [3.05, 3.63) is 18.2 Å². The third-order valence-electron chi connectivity index (χ3n) is 1.13. The number of hydrogen-bond acceptors (Lipinski definition) is 1. The molecule has 0 amide bonds. The highest BCUT2D eigenvalue weighted by Crippen LogP contribution is 1.98. The van der Waals surface area contributed by atoms with Gasteiger partial charge in [0.05, 0.1) is 6.33 Å². The van der Waals surface area contributed by atoms with Crippen LogP contribution in [0.3, 0.4) is 0 Å². The number of aromatic nitrogens is 2. The minimum atomic E-state index is 0. The largest absolute Gasteiger partial charge is 0.348 e. The van der Waals surface area contributed by atoms with E-state index >= 15 is 0 Å². The van der Waals surface area contributed by atoms with Crippen molar-refractivity contribution in [3.8, 4) is 0 Å². The molecule has 1 aromatic heterocycles. The molecular weight excluding hydrogens is 260 g/mol. The van der Waals surface area contributed by atoms with Gasteiger partial charge in [0.2, 0.25) is 0 Å². The Kier molecular flexibility index (Phi) is 6.02. The smallest absolute Gasteiger partial charge is 0.0921 e. The maximum absolute atomic E-state index is 3.90. The van der Waals surface area contributed by atoms with Gasteiger partial charge in [0.25, 0.3) is 0 Å². The number of nitrogens with zero attached hydrogens (tertiary/aromatic N) is 1. The number of alkyl halides is 1. The molecule has 0 aromatic carbocycles. The van der Waals surface area contributed by atoms with Gasteiger partial charge in [0.15, 0.2) is 0 Å². The number of nitrogens with one attached hydrogen (secondary N) is 1. The van der Waals surface area contributed by atoms with Gasteiger partial charge in [-0.1, -0.05) is 15.9 Å². The number of imidazole rings is 1. The lowest BCUT2D eigenvalue weighted by Crippen LogP contribution is -1.84. The van der Waals surface area contributed by atoms with Crippen molar-refractivity contribution < 1.29 is 0 Å². The molecule has 1 heterocycles. The zero-order chi connectivity index (χ0) is 6.53. The number of hydrogen-bond donors (Lipinski definition) is 1. The van der Waals surface area contributed by atoms with Crippen LogP contribution in [0.15, 0.2) is 12.5 Å². The number of rotatable bonds is 3. The summed E-state index contributed by atoms with van der Waals surface area (Å²) in [7, 11) is 0. The summed E-state index contributed by atoms with van der Waals surface area (Å²) in [6, 6.07) is 0. The second-order valence-electron chi connectivity index (χ2n) is 1.87. The first kappa shape index (κ1) is 10.2. The van der Waals surface area contributed by atoms with E-state index in [1.807, 2.05) is 6.20 Å². The van der Waals surface area contributed by atoms with Gasteiger partial charge in [-0.15, -0.1) is 17.0 Å². The molecule has 0 atom stereocenters. The SMILES string of the molecule is Br.BrCCCc1cnc[nH]1. The fraction of sp³-hybridized carbons (Fsp3) is 0.500. The minimum Gasteiger partial charge on any atom is -0.348 e. The maximum atomic E-state index is 3.90. The lowest BCUT2D eigenvalue weighted by molar-refractivity contribution is 0.907. The molecule has 0 saturated carbocycles. The number of H-pyrrole nitrogens is 1. The molecule has 2 nitrogen and oxygen atoms in total. The summed E-state index contributed by atoms with van der Waals surface area (Å²) in [5, 5.41) is 1.06. The van der Waals surface area contributed by atoms with E-state index in [-0.39, 0.29) is 17.0 Å². The zero-order valence-electron chi connectivity index (χ0n) is 5.51. The van der Waals surface area contributed by atoms with Crippen LogP contribution in [0.2, 0.25) is 0 Å². The molecule has 10 heavy (non-hydrogen) atoms. The highest BCUT2D eigenvalue weighted by Gasteiger charge is 1.90. The quantitative estimate of drug-likeness (QED) is 0.839. The molecule has 0 aliphatic carbocycles. The van der Waals surface area contributed by atoms with Crippen molar-refractivity contribution in [2.24, 2.45) is 0 Å². The lowest BCUT2D eigenvalue weighted by atomic mass is 10.3. The molecule has 0 aliphatic heterocycles. The first-order chi connectivity index (χ1) is 4.43. The number of aromatic amines is 1. The average molecular weight is 270 g/mol. The Morgan fingerprint density at radius 2 is 2.40 bits per heavy atom. The van der Waals surface area contributed by atoms with E-state index in [1.165, 1.54) is 12.1 Å². The predicted molar refractivity (Wildman–Crippen MR) is 51.0 cm³/mol. The normalized spacial score (nSPS) is 8.90. The Morgan fingerprint density at radius 3 is 2.90 bits per heavy atom. The Hall–Kier alpha value is 0.170. The Morgan fingerprint density at radius 1 is 1.60 bits per heavy atom. The van der Waals surface area contributed by atoms with Crippen LogP contribution in [-0.2, 0) is 6.42 Å². The number of halogens is 2. The van der Waals surface area contributed by atoms with Crippen molar-refractivity contribution in [1.29, 1.82) is 0 Å². The lowest BCUT2D eigenvalue weighted by Gasteiger charge is -1.89. The third kappa shape index (κ3) is 3.37. The van der Waals surface area contributed by atoms with Gasteiger partial charge in [-0.25, -0.2) is 4.98 Å². The second kappa shape index (κ2) is 5.92. The van der Waals surface area contributed by atoms with Crippen LogP contribution in [-0.4, -0.2) is 15.3 Å². The molecule has 4 heteroatoms. The van der Waals surface area contributed by atoms with E-state index in [1.54, 1.807) is 6.33 Å². The van der Waals surface area contributed by atoms with Gasteiger partial charge >= 0.3 is 0 Å². The van der Waals surface area contributed by atoms with Gasteiger partial charge in [-0.3, -0.25) is 0 Å². The Labute approximate surface area is 79.3 Å². The molecule has 1 rings (SSSR count). The highest BCUT2D eigenvalue weighted by molar-refractivity contribution is 9.09. The van der Waals surface area contributed by atoms with Gasteiger partial charge < -0.3 is 4.98 Å². The van der Waals surface area contributed by atoms with Crippen molar-refractivity contribution in [2.75, 3.05) is 5.33 Å². The average Bonchev–Trinajstić information content (AvgIpc) is 2.34. The zero-order valence-corrected chi connectivity index (χ0v) is 8.81. The second-order valence-corrected chi connectivity index (χ2v) is 2.66. The molecule has 0 fully saturated rings. The van der Waals surface area contributed by atoms with Gasteiger partial charge in [0.1, 0.15) is 0 Å². The van der Waals surface area contributed by atoms with Crippen molar-refractivity contribution in [1.82, 2.24) is 9.97 Å². The number of aryl methyl sites for hydroxylation is 1. The van der Waals surface area contributed by atoms with E-state index in [9.17, 15) is 0 Å². The molecule has 0 unspecified atom stereocenters. The fourth-order valence-corrected chi connectivity index (χ4v) is 0.959. The topological polar surface area (TPSA) is 28.7 Å². The van der Waals surface area contributed by atoms with E-state index in [4.69, 9.17) is 0 Å². The molecule has 1 N–H and O–H groups in total. The monoisotopic (exact) mass is 268 g/mol. The summed E-state index contributed by atoms with van der Waals surface area (Å²) >= 11 is 3.36. The maximum Gasteiger partial charge on any atom is 0.0921 e.